The van der Waals surface area contributed by atoms with Gasteiger partial charge in [-0.3, -0.25) is 9.80 Å². The molecule has 0 saturated heterocycles. The molecule has 0 saturated carbocycles. The molecule has 55 heavy (non-hydrogen) atoms. The zero-order valence-corrected chi connectivity index (χ0v) is 30.7. The van der Waals surface area contributed by atoms with Crippen molar-refractivity contribution in [3.8, 4) is 11.5 Å². The molecule has 2 aromatic heterocycles. The van der Waals surface area contributed by atoms with Crippen molar-refractivity contribution < 1.29 is 27.0 Å². The smallest absolute Gasteiger partial charge is 0.173 e. The van der Waals surface area contributed by atoms with Crippen LogP contribution in [0.5, 0.6) is 11.5 Å². The number of halogens is 4. The topological polar surface area (TPSA) is 115 Å². The fraction of sp³-hybridized carbons (Fsp3) is 0.316. The monoisotopic (exact) mass is 757 g/mol. The van der Waals surface area contributed by atoms with Gasteiger partial charge in [-0.1, -0.05) is 36.4 Å². The molecule has 0 bridgehead atoms. The molecule has 8 rings (SSSR count). The number of rotatable bonds is 9. The lowest BCUT2D eigenvalue weighted by Gasteiger charge is -2.35. The number of nitrogens with zero attached hydrogens (tertiary/aromatic N) is 11. The minimum atomic E-state index is -0.902. The molecule has 0 radical (unpaired) electrons. The molecule has 6 aromatic rings. The van der Waals surface area contributed by atoms with Crippen molar-refractivity contribution in [1.82, 2.24) is 50.2 Å². The van der Waals surface area contributed by atoms with Gasteiger partial charge >= 0.3 is 0 Å². The average molecular weight is 758 g/mol. The van der Waals surface area contributed by atoms with Crippen LogP contribution in [0.15, 0.2) is 78.9 Å². The number of anilines is 1. The van der Waals surface area contributed by atoms with Gasteiger partial charge in [-0.15, -0.1) is 10.2 Å². The number of ether oxygens (including phenoxy) is 2. The highest BCUT2D eigenvalue weighted by atomic mass is 19.2. The molecule has 2 aliphatic rings. The summed E-state index contributed by atoms with van der Waals surface area (Å²) in [6, 6.07) is 20.9. The van der Waals surface area contributed by atoms with Gasteiger partial charge in [-0.2, -0.15) is 0 Å². The Balaban J connectivity index is 0.000000169. The van der Waals surface area contributed by atoms with Crippen LogP contribution in [0.3, 0.4) is 0 Å². The predicted octanol–water partition coefficient (Wildman–Crippen LogP) is 5.20. The van der Waals surface area contributed by atoms with E-state index in [9.17, 15) is 17.6 Å². The van der Waals surface area contributed by atoms with Gasteiger partial charge in [0.25, 0.3) is 0 Å². The van der Waals surface area contributed by atoms with Crippen LogP contribution in [-0.2, 0) is 26.2 Å². The van der Waals surface area contributed by atoms with Crippen LogP contribution < -0.4 is 14.4 Å². The number of aromatic nitrogens is 8. The Labute approximate surface area is 314 Å². The Kier molecular flexibility index (Phi) is 11.0. The first-order valence-electron chi connectivity index (χ1n) is 17.5. The fourth-order valence-electron chi connectivity index (χ4n) is 7.00. The van der Waals surface area contributed by atoms with E-state index in [-0.39, 0.29) is 11.1 Å². The summed E-state index contributed by atoms with van der Waals surface area (Å²) >= 11 is 0. The molecular formula is C38H39F4N11O2. The highest BCUT2D eigenvalue weighted by Crippen LogP contribution is 2.36. The molecule has 17 heteroatoms. The third-order valence-electron chi connectivity index (χ3n) is 9.79. The van der Waals surface area contributed by atoms with Gasteiger partial charge in [-0.05, 0) is 68.9 Å². The van der Waals surface area contributed by atoms with Gasteiger partial charge in [0.15, 0.2) is 34.9 Å². The third-order valence-corrected chi connectivity index (χ3v) is 9.79. The third kappa shape index (κ3) is 7.70. The summed E-state index contributed by atoms with van der Waals surface area (Å²) in [5, 5.41) is 23.5. The van der Waals surface area contributed by atoms with E-state index in [2.05, 4.69) is 36.0 Å². The van der Waals surface area contributed by atoms with Crippen LogP contribution in [-0.4, -0.2) is 91.6 Å². The van der Waals surface area contributed by atoms with E-state index in [1.165, 1.54) is 12.1 Å². The number of methoxy groups -OCH3 is 2. The van der Waals surface area contributed by atoms with E-state index in [0.717, 1.165) is 28.9 Å². The van der Waals surface area contributed by atoms with E-state index in [4.69, 9.17) is 9.47 Å². The van der Waals surface area contributed by atoms with Gasteiger partial charge in [0.05, 0.1) is 27.3 Å². The summed E-state index contributed by atoms with van der Waals surface area (Å²) in [5.74, 6) is -1.16. The molecule has 0 N–H and O–H groups in total. The summed E-state index contributed by atoms with van der Waals surface area (Å²) in [4.78, 5) is 6.11. The van der Waals surface area contributed by atoms with Crippen LogP contribution in [0.1, 0.15) is 46.0 Å². The fourth-order valence-corrected chi connectivity index (χ4v) is 7.00. The van der Waals surface area contributed by atoms with E-state index in [1.54, 1.807) is 35.7 Å². The van der Waals surface area contributed by atoms with Crippen molar-refractivity contribution in [1.29, 1.82) is 0 Å². The highest BCUT2D eigenvalue weighted by Gasteiger charge is 2.36. The standard InChI is InChI=1S/C19H20F2N6.C19H19F2N5O2/c1-25(2)14-8-6-13(7-9-14)12-26-10-11-27-19(22-23-24-27)18(26)15-4-3-5-16(20)17(15)21;1-27-13-6-7-16(28-2)12(10-13)11-25-8-9-26-19(22-23-24-26)18(25)14-4-3-5-15(20)17(14)21/h3-9,18H,10-12H2,1-2H3;3-7,10,18H,8-9,11H2,1-2H3. The lowest BCUT2D eigenvalue weighted by Crippen LogP contribution is -2.39. The zero-order valence-electron chi connectivity index (χ0n) is 30.7. The lowest BCUT2D eigenvalue weighted by atomic mass is 10.0. The molecule has 0 spiro atoms. The molecular weight excluding hydrogens is 718 g/mol. The largest absolute Gasteiger partial charge is 0.497 e. The summed E-state index contributed by atoms with van der Waals surface area (Å²) in [5.41, 5.74) is 3.50. The second kappa shape index (κ2) is 16.2. The maximum atomic E-state index is 14.6. The molecule has 2 aliphatic heterocycles. The Morgan fingerprint density at radius 2 is 1.20 bits per heavy atom. The second-order valence-corrected chi connectivity index (χ2v) is 13.3. The van der Waals surface area contributed by atoms with Crippen LogP contribution in [0.25, 0.3) is 0 Å². The van der Waals surface area contributed by atoms with Gasteiger partial charge in [0.2, 0.25) is 0 Å². The summed E-state index contributed by atoms with van der Waals surface area (Å²) in [6.45, 7) is 3.34. The summed E-state index contributed by atoms with van der Waals surface area (Å²) in [7, 11) is 7.15. The van der Waals surface area contributed by atoms with Gasteiger partial charge in [0, 0.05) is 62.7 Å². The Morgan fingerprint density at radius 1 is 0.655 bits per heavy atom. The highest BCUT2D eigenvalue weighted by molar-refractivity contribution is 5.46. The molecule has 0 amide bonds. The zero-order chi connectivity index (χ0) is 38.6. The van der Waals surface area contributed by atoms with Gasteiger partial charge in [-0.25, -0.2) is 26.9 Å². The van der Waals surface area contributed by atoms with Crippen molar-refractivity contribution in [2.24, 2.45) is 0 Å². The number of benzene rings is 4. The molecule has 0 aliphatic carbocycles. The molecule has 0 fully saturated rings. The average Bonchev–Trinajstić information content (AvgIpc) is 3.88. The molecule has 2 unspecified atom stereocenters. The van der Waals surface area contributed by atoms with Crippen molar-refractivity contribution >= 4 is 5.69 Å². The van der Waals surface area contributed by atoms with Crippen LogP contribution >= 0.6 is 0 Å². The first-order valence-corrected chi connectivity index (χ1v) is 17.5. The Bertz CT molecular complexity index is 2250. The minimum Gasteiger partial charge on any atom is -0.497 e. The van der Waals surface area contributed by atoms with Crippen LogP contribution in [0.2, 0.25) is 0 Å². The van der Waals surface area contributed by atoms with E-state index in [1.807, 2.05) is 66.4 Å². The van der Waals surface area contributed by atoms with E-state index >= 15 is 0 Å². The predicted molar refractivity (Wildman–Crippen MR) is 193 cm³/mol. The molecule has 4 heterocycles. The molecule has 286 valence electrons. The van der Waals surface area contributed by atoms with Crippen molar-refractivity contribution in [2.45, 2.75) is 38.3 Å². The van der Waals surface area contributed by atoms with E-state index in [0.29, 0.717) is 62.4 Å². The number of fused-ring (bicyclic) bond motifs is 2. The van der Waals surface area contributed by atoms with Gasteiger partial charge in [0.1, 0.15) is 23.6 Å². The van der Waals surface area contributed by atoms with Crippen molar-refractivity contribution in [3.63, 3.8) is 0 Å². The molecule has 2 atom stereocenters. The molecule has 13 nitrogen and oxygen atoms in total. The van der Waals surface area contributed by atoms with Gasteiger partial charge < -0.3 is 14.4 Å². The summed E-state index contributed by atoms with van der Waals surface area (Å²) in [6.07, 6.45) is 0. The normalized spacial score (nSPS) is 16.8. The van der Waals surface area contributed by atoms with E-state index < -0.39 is 35.4 Å². The Morgan fingerprint density at radius 3 is 1.71 bits per heavy atom. The lowest BCUT2D eigenvalue weighted by molar-refractivity contribution is 0.158. The first kappa shape index (κ1) is 37.4. The van der Waals surface area contributed by atoms with Crippen LogP contribution in [0, 0.1) is 23.3 Å². The number of hydrogen-bond acceptors (Lipinski definition) is 11. The SMILES string of the molecule is CN(C)c1ccc(CN2CCn3nnnc3C2c2cccc(F)c2F)cc1.COc1ccc(OC)c(CN2CCn3nnnc3C2c2cccc(F)c2F)c1. The molecule has 4 aromatic carbocycles. The Hall–Kier alpha value is -5.94. The van der Waals surface area contributed by atoms with Crippen molar-refractivity contribution in [2.75, 3.05) is 46.3 Å². The maximum absolute atomic E-state index is 14.6. The van der Waals surface area contributed by atoms with Crippen LogP contribution in [0.4, 0.5) is 23.2 Å². The number of hydrogen-bond donors (Lipinski definition) is 0. The second-order valence-electron chi connectivity index (χ2n) is 13.3. The quantitative estimate of drug-likeness (QED) is 0.182. The minimum absolute atomic E-state index is 0.192. The summed E-state index contributed by atoms with van der Waals surface area (Å²) < 4.78 is 71.0. The maximum Gasteiger partial charge on any atom is 0.173 e. The first-order chi connectivity index (χ1) is 26.7. The van der Waals surface area contributed by atoms with Crippen molar-refractivity contribution in [3.05, 3.63) is 136 Å². The number of tetrazole rings is 2.